The van der Waals surface area contributed by atoms with Crippen molar-refractivity contribution in [3.05, 3.63) is 29.3 Å². The SMILES string of the molecule is CC.Cc1ccc2c(c1)CNN2.[HH]. The lowest BCUT2D eigenvalue weighted by molar-refractivity contribution is 0.860. The molecule has 0 amide bonds. The van der Waals surface area contributed by atoms with Crippen LogP contribution in [0.5, 0.6) is 0 Å². The molecule has 0 radical (unpaired) electrons. The van der Waals surface area contributed by atoms with Gasteiger partial charge in [0.2, 0.25) is 0 Å². The summed E-state index contributed by atoms with van der Waals surface area (Å²) in [5, 5.41) is 0. The average molecular weight is 166 g/mol. The van der Waals surface area contributed by atoms with Gasteiger partial charge in [0.05, 0.1) is 5.69 Å². The summed E-state index contributed by atoms with van der Waals surface area (Å²) in [6.07, 6.45) is 0. The minimum atomic E-state index is 0. The van der Waals surface area contributed by atoms with E-state index in [0.717, 1.165) is 6.54 Å². The molecule has 1 aliphatic heterocycles. The van der Waals surface area contributed by atoms with Crippen LogP contribution in [0.3, 0.4) is 0 Å². The number of aryl methyl sites for hydroxylation is 1. The first kappa shape index (κ1) is 9.07. The van der Waals surface area contributed by atoms with E-state index in [1.807, 2.05) is 13.8 Å². The predicted octanol–water partition coefficient (Wildman–Crippen LogP) is 2.70. The zero-order valence-corrected chi connectivity index (χ0v) is 7.94. The monoisotopic (exact) mass is 166 g/mol. The van der Waals surface area contributed by atoms with Crippen LogP contribution in [-0.2, 0) is 6.54 Å². The number of hydrogen-bond acceptors (Lipinski definition) is 2. The molecule has 1 aromatic carbocycles. The second-order valence-corrected chi connectivity index (χ2v) is 2.64. The maximum Gasteiger partial charge on any atom is 0.0533 e. The number of fused-ring (bicyclic) bond motifs is 1. The molecule has 0 spiro atoms. The van der Waals surface area contributed by atoms with Crippen LogP contribution in [-0.4, -0.2) is 0 Å². The van der Waals surface area contributed by atoms with E-state index < -0.39 is 0 Å². The van der Waals surface area contributed by atoms with Gasteiger partial charge in [-0.15, -0.1) is 0 Å². The third kappa shape index (κ3) is 1.77. The van der Waals surface area contributed by atoms with Gasteiger partial charge < -0.3 is 5.43 Å². The Morgan fingerprint density at radius 3 is 2.83 bits per heavy atom. The van der Waals surface area contributed by atoms with Crippen LogP contribution in [0.25, 0.3) is 0 Å². The van der Waals surface area contributed by atoms with Gasteiger partial charge in [0, 0.05) is 7.97 Å². The van der Waals surface area contributed by atoms with Gasteiger partial charge in [-0.1, -0.05) is 31.5 Å². The van der Waals surface area contributed by atoms with Crippen molar-refractivity contribution < 1.29 is 1.43 Å². The summed E-state index contributed by atoms with van der Waals surface area (Å²) in [5.41, 5.74) is 10.0. The van der Waals surface area contributed by atoms with Gasteiger partial charge in [-0.3, -0.25) is 0 Å². The Kier molecular flexibility index (Phi) is 3.11. The molecule has 0 aromatic heterocycles. The van der Waals surface area contributed by atoms with Crippen molar-refractivity contribution in [2.75, 3.05) is 5.43 Å². The van der Waals surface area contributed by atoms with E-state index >= 15 is 0 Å². The number of benzene rings is 1. The van der Waals surface area contributed by atoms with Gasteiger partial charge in [-0.2, -0.15) is 0 Å². The first-order valence-corrected chi connectivity index (χ1v) is 4.45. The molecule has 68 valence electrons. The molecule has 0 saturated heterocycles. The summed E-state index contributed by atoms with van der Waals surface area (Å²) >= 11 is 0. The van der Waals surface area contributed by atoms with Crippen LogP contribution in [0, 0.1) is 6.92 Å². The Morgan fingerprint density at radius 1 is 1.33 bits per heavy atom. The number of hydrogen-bond donors (Lipinski definition) is 2. The molecule has 1 aromatic rings. The summed E-state index contributed by atoms with van der Waals surface area (Å²) in [5.74, 6) is 0. The molecule has 1 heterocycles. The van der Waals surface area contributed by atoms with Crippen LogP contribution in [0.2, 0.25) is 0 Å². The van der Waals surface area contributed by atoms with Crippen LogP contribution in [0.1, 0.15) is 26.4 Å². The number of anilines is 1. The van der Waals surface area contributed by atoms with Crippen molar-refractivity contribution in [1.29, 1.82) is 0 Å². The van der Waals surface area contributed by atoms with Crippen molar-refractivity contribution in [3.8, 4) is 0 Å². The standard InChI is InChI=1S/C8H10N2.C2H6.H2/c1-6-2-3-8-7(4-6)5-9-10-8;1-2;/h2-4,9-10H,5H2,1H3;1-2H3;1H. The fourth-order valence-electron chi connectivity index (χ4n) is 1.23. The molecule has 2 rings (SSSR count). The Labute approximate surface area is 75.4 Å². The molecular weight excluding hydrogens is 148 g/mol. The molecule has 0 atom stereocenters. The lowest BCUT2D eigenvalue weighted by Crippen LogP contribution is -2.10. The number of nitrogens with one attached hydrogen (secondary N) is 2. The average Bonchev–Trinajstić information content (AvgIpc) is 2.54. The fraction of sp³-hybridized carbons (Fsp3) is 0.400. The van der Waals surface area contributed by atoms with Crippen molar-refractivity contribution in [2.45, 2.75) is 27.3 Å². The smallest absolute Gasteiger partial charge is 0.0533 e. The Bertz CT molecular complexity index is 261. The maximum absolute atomic E-state index is 3.08. The molecule has 2 heteroatoms. The van der Waals surface area contributed by atoms with Crippen LogP contribution in [0.15, 0.2) is 18.2 Å². The van der Waals surface area contributed by atoms with E-state index in [-0.39, 0.29) is 1.43 Å². The maximum atomic E-state index is 3.08. The summed E-state index contributed by atoms with van der Waals surface area (Å²) in [7, 11) is 0. The summed E-state index contributed by atoms with van der Waals surface area (Å²) in [6.45, 7) is 7.05. The molecule has 12 heavy (non-hydrogen) atoms. The van der Waals surface area contributed by atoms with E-state index in [4.69, 9.17) is 0 Å². The van der Waals surface area contributed by atoms with E-state index in [1.165, 1.54) is 16.8 Å². The van der Waals surface area contributed by atoms with Gasteiger partial charge in [0.15, 0.2) is 0 Å². The summed E-state index contributed by atoms with van der Waals surface area (Å²) in [4.78, 5) is 0. The zero-order valence-electron chi connectivity index (χ0n) is 7.94. The third-order valence-corrected chi connectivity index (χ3v) is 1.76. The van der Waals surface area contributed by atoms with E-state index in [1.54, 1.807) is 0 Å². The summed E-state index contributed by atoms with van der Waals surface area (Å²) < 4.78 is 0. The van der Waals surface area contributed by atoms with Gasteiger partial charge in [-0.25, -0.2) is 5.43 Å². The highest BCUT2D eigenvalue weighted by molar-refractivity contribution is 5.54. The fourth-order valence-corrected chi connectivity index (χ4v) is 1.23. The lowest BCUT2D eigenvalue weighted by atomic mass is 10.1. The molecule has 0 fully saturated rings. The molecule has 0 aliphatic carbocycles. The normalized spacial score (nSPS) is 12.6. The second kappa shape index (κ2) is 4.12. The van der Waals surface area contributed by atoms with Crippen molar-refractivity contribution in [3.63, 3.8) is 0 Å². The van der Waals surface area contributed by atoms with Gasteiger partial charge in [-0.05, 0) is 18.6 Å². The highest BCUT2D eigenvalue weighted by Gasteiger charge is 2.06. The highest BCUT2D eigenvalue weighted by atomic mass is 15.4. The number of hydrazine groups is 1. The van der Waals surface area contributed by atoms with Gasteiger partial charge >= 0.3 is 0 Å². The molecule has 0 bridgehead atoms. The van der Waals surface area contributed by atoms with E-state index in [9.17, 15) is 0 Å². The molecule has 0 unspecified atom stereocenters. The topological polar surface area (TPSA) is 24.1 Å². The van der Waals surface area contributed by atoms with Crippen molar-refractivity contribution in [2.24, 2.45) is 0 Å². The zero-order chi connectivity index (χ0) is 8.97. The molecule has 1 aliphatic rings. The van der Waals surface area contributed by atoms with Crippen LogP contribution < -0.4 is 10.9 Å². The van der Waals surface area contributed by atoms with Crippen molar-refractivity contribution in [1.82, 2.24) is 5.43 Å². The Balaban J connectivity index is 0.000000451. The molecule has 2 N–H and O–H groups in total. The van der Waals surface area contributed by atoms with E-state index in [0.29, 0.717) is 0 Å². The van der Waals surface area contributed by atoms with E-state index in [2.05, 4.69) is 36.0 Å². The van der Waals surface area contributed by atoms with Gasteiger partial charge in [0.25, 0.3) is 0 Å². The number of rotatable bonds is 0. The third-order valence-electron chi connectivity index (χ3n) is 1.76. The quantitative estimate of drug-likeness (QED) is 0.619. The molecular formula is C10H18N2. The largest absolute Gasteiger partial charge is 0.321 e. The first-order valence-electron chi connectivity index (χ1n) is 4.45. The predicted molar refractivity (Wildman–Crippen MR) is 55.1 cm³/mol. The van der Waals surface area contributed by atoms with Gasteiger partial charge in [0.1, 0.15) is 0 Å². The Morgan fingerprint density at radius 2 is 2.08 bits per heavy atom. The van der Waals surface area contributed by atoms with Crippen LogP contribution >= 0.6 is 0 Å². The van der Waals surface area contributed by atoms with Crippen molar-refractivity contribution >= 4 is 5.69 Å². The summed E-state index contributed by atoms with van der Waals surface area (Å²) in [6, 6.07) is 6.41. The minimum Gasteiger partial charge on any atom is -0.321 e. The first-order chi connectivity index (χ1) is 5.86. The minimum absolute atomic E-state index is 0. The lowest BCUT2D eigenvalue weighted by Gasteiger charge is -1.97. The van der Waals surface area contributed by atoms with Crippen LogP contribution in [0.4, 0.5) is 5.69 Å². The second-order valence-electron chi connectivity index (χ2n) is 2.64. The highest BCUT2D eigenvalue weighted by Crippen LogP contribution is 2.19. The molecule has 2 nitrogen and oxygen atoms in total. The Hall–Kier alpha value is -1.02. The molecule has 0 saturated carbocycles.